The van der Waals surface area contributed by atoms with Crippen molar-refractivity contribution >= 4 is 18.3 Å². The Morgan fingerprint density at radius 3 is 2.89 bits per heavy atom. The number of benzene rings is 1. The fourth-order valence-electron chi connectivity index (χ4n) is 4.07. The van der Waals surface area contributed by atoms with Gasteiger partial charge in [0.15, 0.2) is 5.69 Å². The molecule has 6 nitrogen and oxygen atoms in total. The molecule has 2 N–H and O–H groups in total. The van der Waals surface area contributed by atoms with E-state index in [2.05, 4.69) is 51.6 Å². The maximum Gasteiger partial charge on any atom is 0.274 e. The first kappa shape index (κ1) is 19.9. The number of aromatic nitrogens is 2. The predicted octanol–water partition coefficient (Wildman–Crippen LogP) is 2.21. The molecule has 2 aliphatic rings. The van der Waals surface area contributed by atoms with Crippen LogP contribution in [0.3, 0.4) is 0 Å². The second kappa shape index (κ2) is 8.87. The topological polar surface area (TPSA) is 64.3 Å². The summed E-state index contributed by atoms with van der Waals surface area (Å²) in [5, 5.41) is 10.8. The average Bonchev–Trinajstić information content (AvgIpc) is 3.00. The highest BCUT2D eigenvalue weighted by Crippen LogP contribution is 2.20. The van der Waals surface area contributed by atoms with Crippen molar-refractivity contribution in [1.29, 1.82) is 0 Å². The molecule has 1 fully saturated rings. The van der Waals surface area contributed by atoms with Crippen molar-refractivity contribution in [3.63, 3.8) is 0 Å². The van der Waals surface area contributed by atoms with E-state index in [-0.39, 0.29) is 24.4 Å². The predicted molar refractivity (Wildman–Crippen MR) is 108 cm³/mol. The lowest BCUT2D eigenvalue weighted by Crippen LogP contribution is -2.43. The molecule has 146 valence electrons. The Morgan fingerprint density at radius 1 is 1.26 bits per heavy atom. The number of fused-ring (bicyclic) bond motifs is 1. The number of hydrogen-bond donors (Lipinski definition) is 2. The van der Waals surface area contributed by atoms with Crippen molar-refractivity contribution in [2.24, 2.45) is 0 Å². The van der Waals surface area contributed by atoms with Crippen LogP contribution in [0.25, 0.3) is 0 Å². The number of H-pyrrole nitrogens is 1. The van der Waals surface area contributed by atoms with Crippen molar-refractivity contribution < 1.29 is 4.79 Å². The molecule has 27 heavy (non-hydrogen) atoms. The standard InChI is InChI=1S/C20H27N5O.ClH/c1-15-13-24(14-16-6-3-2-4-7-16)10-5-11-25(15)20(26)19-17-12-21-9-8-18(17)22-23-19;/h2-4,6-7,15,21H,5,8-14H2,1H3,(H,22,23);1H. The van der Waals surface area contributed by atoms with Crippen LogP contribution in [0.15, 0.2) is 30.3 Å². The summed E-state index contributed by atoms with van der Waals surface area (Å²) in [5.41, 5.74) is 4.10. The van der Waals surface area contributed by atoms with Gasteiger partial charge in [-0.25, -0.2) is 0 Å². The molecule has 1 atom stereocenters. The van der Waals surface area contributed by atoms with E-state index in [0.717, 1.165) is 63.4 Å². The number of amides is 1. The minimum absolute atomic E-state index is 0. The van der Waals surface area contributed by atoms with Crippen LogP contribution in [0.4, 0.5) is 0 Å². The molecule has 0 saturated carbocycles. The SMILES string of the molecule is CC1CN(Cc2ccccc2)CCCN1C(=O)c1n[nH]c2c1CNCC2.Cl. The highest BCUT2D eigenvalue weighted by Gasteiger charge is 2.30. The summed E-state index contributed by atoms with van der Waals surface area (Å²) in [5.74, 6) is 0.0697. The summed E-state index contributed by atoms with van der Waals surface area (Å²) in [6.07, 6.45) is 1.91. The van der Waals surface area contributed by atoms with E-state index in [0.29, 0.717) is 5.69 Å². The van der Waals surface area contributed by atoms with Gasteiger partial charge in [-0.2, -0.15) is 5.10 Å². The molecule has 4 rings (SSSR count). The molecule has 1 amide bonds. The summed E-state index contributed by atoms with van der Waals surface area (Å²) in [4.78, 5) is 17.6. The van der Waals surface area contributed by atoms with E-state index in [1.54, 1.807) is 0 Å². The van der Waals surface area contributed by atoms with Gasteiger partial charge in [0.05, 0.1) is 0 Å². The fraction of sp³-hybridized carbons (Fsp3) is 0.500. The summed E-state index contributed by atoms with van der Waals surface area (Å²) >= 11 is 0. The number of carbonyl (C=O) groups excluding carboxylic acids is 1. The zero-order valence-electron chi connectivity index (χ0n) is 15.8. The Bertz CT molecular complexity index is 763. The number of carbonyl (C=O) groups is 1. The number of nitrogens with one attached hydrogen (secondary N) is 2. The smallest absolute Gasteiger partial charge is 0.274 e. The summed E-state index contributed by atoms with van der Waals surface area (Å²) in [6, 6.07) is 10.7. The molecule has 0 spiro atoms. The Balaban J connectivity index is 0.00000210. The lowest BCUT2D eigenvalue weighted by Gasteiger charge is -2.29. The summed E-state index contributed by atoms with van der Waals surface area (Å²) < 4.78 is 0. The van der Waals surface area contributed by atoms with Gasteiger partial charge < -0.3 is 10.2 Å². The van der Waals surface area contributed by atoms with E-state index >= 15 is 0 Å². The van der Waals surface area contributed by atoms with Crippen molar-refractivity contribution in [1.82, 2.24) is 25.3 Å². The van der Waals surface area contributed by atoms with Gasteiger partial charge in [0.25, 0.3) is 5.91 Å². The molecule has 3 heterocycles. The van der Waals surface area contributed by atoms with Crippen LogP contribution in [0.5, 0.6) is 0 Å². The molecule has 0 radical (unpaired) electrons. The second-order valence-corrected chi connectivity index (χ2v) is 7.38. The summed E-state index contributed by atoms with van der Waals surface area (Å²) in [7, 11) is 0. The summed E-state index contributed by atoms with van der Waals surface area (Å²) in [6.45, 7) is 7.47. The molecule has 2 aliphatic heterocycles. The van der Waals surface area contributed by atoms with Crippen molar-refractivity contribution in [3.05, 3.63) is 52.8 Å². The van der Waals surface area contributed by atoms with Crippen LogP contribution in [-0.4, -0.2) is 58.1 Å². The number of rotatable bonds is 3. The Morgan fingerprint density at radius 2 is 2.07 bits per heavy atom. The Hall–Kier alpha value is -1.89. The first-order valence-corrected chi connectivity index (χ1v) is 9.56. The highest BCUT2D eigenvalue weighted by molar-refractivity contribution is 5.94. The normalized spacial score (nSPS) is 20.5. The van der Waals surface area contributed by atoms with E-state index in [4.69, 9.17) is 0 Å². The van der Waals surface area contributed by atoms with Crippen LogP contribution in [0.1, 0.15) is 40.7 Å². The molecule has 1 aromatic heterocycles. The lowest BCUT2D eigenvalue weighted by molar-refractivity contribution is 0.0684. The number of halogens is 1. The lowest BCUT2D eigenvalue weighted by atomic mass is 10.1. The van der Waals surface area contributed by atoms with Gasteiger partial charge in [0, 0.05) is 63.0 Å². The van der Waals surface area contributed by atoms with Crippen molar-refractivity contribution in [2.75, 3.05) is 26.2 Å². The molecular weight excluding hydrogens is 362 g/mol. The van der Waals surface area contributed by atoms with E-state index < -0.39 is 0 Å². The Labute approximate surface area is 166 Å². The van der Waals surface area contributed by atoms with Gasteiger partial charge in [0.2, 0.25) is 0 Å². The van der Waals surface area contributed by atoms with Crippen LogP contribution in [0.2, 0.25) is 0 Å². The average molecular weight is 390 g/mol. The minimum atomic E-state index is 0. The van der Waals surface area contributed by atoms with Crippen LogP contribution < -0.4 is 5.32 Å². The van der Waals surface area contributed by atoms with E-state index in [9.17, 15) is 4.79 Å². The molecule has 7 heteroatoms. The van der Waals surface area contributed by atoms with Gasteiger partial charge in [-0.3, -0.25) is 14.8 Å². The first-order chi connectivity index (χ1) is 12.7. The van der Waals surface area contributed by atoms with Gasteiger partial charge in [-0.15, -0.1) is 12.4 Å². The third-order valence-corrected chi connectivity index (χ3v) is 5.45. The highest BCUT2D eigenvalue weighted by atomic mass is 35.5. The maximum atomic E-state index is 13.2. The molecule has 2 aromatic rings. The number of hydrogen-bond acceptors (Lipinski definition) is 4. The zero-order valence-corrected chi connectivity index (χ0v) is 16.6. The molecule has 1 unspecified atom stereocenters. The molecular formula is C20H28ClN5O. The Kier molecular flexibility index (Phi) is 6.52. The third-order valence-electron chi connectivity index (χ3n) is 5.45. The van der Waals surface area contributed by atoms with E-state index in [1.807, 2.05) is 11.0 Å². The minimum Gasteiger partial charge on any atom is -0.333 e. The quantitative estimate of drug-likeness (QED) is 0.844. The van der Waals surface area contributed by atoms with Crippen molar-refractivity contribution in [2.45, 2.75) is 38.9 Å². The zero-order chi connectivity index (χ0) is 17.9. The largest absolute Gasteiger partial charge is 0.333 e. The molecule has 1 saturated heterocycles. The van der Waals surface area contributed by atoms with E-state index in [1.165, 1.54) is 5.56 Å². The number of nitrogens with zero attached hydrogens (tertiary/aromatic N) is 3. The van der Waals surface area contributed by atoms with Crippen LogP contribution >= 0.6 is 12.4 Å². The maximum absolute atomic E-state index is 13.2. The fourth-order valence-corrected chi connectivity index (χ4v) is 4.07. The van der Waals surface area contributed by atoms with Crippen molar-refractivity contribution in [3.8, 4) is 0 Å². The molecule has 1 aromatic carbocycles. The second-order valence-electron chi connectivity index (χ2n) is 7.38. The third kappa shape index (κ3) is 4.34. The molecule has 0 bridgehead atoms. The molecule has 0 aliphatic carbocycles. The van der Waals surface area contributed by atoms with Gasteiger partial charge in [-0.1, -0.05) is 30.3 Å². The monoisotopic (exact) mass is 389 g/mol. The first-order valence-electron chi connectivity index (χ1n) is 9.56. The van der Waals surface area contributed by atoms with Gasteiger partial charge in [0.1, 0.15) is 0 Å². The number of aromatic amines is 1. The van der Waals surface area contributed by atoms with Gasteiger partial charge in [-0.05, 0) is 18.9 Å². The van der Waals surface area contributed by atoms with Gasteiger partial charge >= 0.3 is 0 Å². The van der Waals surface area contributed by atoms with Crippen LogP contribution in [0, 0.1) is 0 Å². The van der Waals surface area contributed by atoms with Crippen LogP contribution in [-0.2, 0) is 19.5 Å².